The van der Waals surface area contributed by atoms with Crippen molar-refractivity contribution < 1.29 is 19.4 Å². The number of benzene rings is 1. The summed E-state index contributed by atoms with van der Waals surface area (Å²) in [6.45, 7) is 13.6. The number of pyridine rings is 1. The minimum absolute atomic E-state index is 0.0249. The summed E-state index contributed by atoms with van der Waals surface area (Å²) < 4.78 is 14.5. The van der Waals surface area contributed by atoms with E-state index < -0.39 is 19.5 Å². The third-order valence-electron chi connectivity index (χ3n) is 8.41. The van der Waals surface area contributed by atoms with Gasteiger partial charge >= 0.3 is 0 Å². The van der Waals surface area contributed by atoms with E-state index in [1.807, 2.05) is 13.0 Å². The second kappa shape index (κ2) is 7.57. The first-order valence-corrected chi connectivity index (χ1v) is 15.1. The SMILES string of the molecule is CC12CCC(CCO[Si](C)(C)C(C)(C)C)(O1)c1c2c(O)n(-c2ccc(C#N)c3ncccc23)c1O. The van der Waals surface area contributed by atoms with Crippen LogP contribution in [-0.2, 0) is 20.4 Å². The summed E-state index contributed by atoms with van der Waals surface area (Å²) >= 11 is 0. The summed E-state index contributed by atoms with van der Waals surface area (Å²) in [5.41, 5.74) is 1.46. The number of aromatic hydroxyl groups is 2. The van der Waals surface area contributed by atoms with Gasteiger partial charge in [0.1, 0.15) is 11.7 Å². The minimum atomic E-state index is -1.94. The van der Waals surface area contributed by atoms with E-state index in [4.69, 9.17) is 9.16 Å². The molecule has 1 saturated heterocycles. The highest BCUT2D eigenvalue weighted by Crippen LogP contribution is 2.65. The Morgan fingerprint density at radius 1 is 1.17 bits per heavy atom. The first-order chi connectivity index (χ1) is 16.4. The average Bonchev–Trinajstić information content (AvgIpc) is 3.37. The Labute approximate surface area is 207 Å². The maximum Gasteiger partial charge on any atom is 0.205 e. The van der Waals surface area contributed by atoms with Crippen LogP contribution < -0.4 is 0 Å². The molecule has 4 heterocycles. The van der Waals surface area contributed by atoms with Crippen LogP contribution >= 0.6 is 0 Å². The van der Waals surface area contributed by atoms with E-state index in [1.54, 1.807) is 24.4 Å². The highest BCUT2D eigenvalue weighted by Gasteiger charge is 2.61. The third-order valence-corrected chi connectivity index (χ3v) is 13.0. The molecule has 2 aliphatic heterocycles. The lowest BCUT2D eigenvalue weighted by Gasteiger charge is -2.37. The maximum atomic E-state index is 11.6. The van der Waals surface area contributed by atoms with Crippen molar-refractivity contribution in [2.75, 3.05) is 6.61 Å². The van der Waals surface area contributed by atoms with Gasteiger partial charge in [0.25, 0.3) is 0 Å². The van der Waals surface area contributed by atoms with Gasteiger partial charge < -0.3 is 19.4 Å². The van der Waals surface area contributed by atoms with Crippen LogP contribution in [0.15, 0.2) is 30.5 Å². The largest absolute Gasteiger partial charge is 0.494 e. The molecule has 0 saturated carbocycles. The maximum absolute atomic E-state index is 11.6. The van der Waals surface area contributed by atoms with E-state index in [2.05, 4.69) is 44.9 Å². The zero-order valence-electron chi connectivity index (χ0n) is 21.3. The Bertz CT molecular complexity index is 1380. The molecule has 3 aromatic rings. The summed E-state index contributed by atoms with van der Waals surface area (Å²) in [4.78, 5) is 4.38. The predicted octanol–water partition coefficient (Wildman–Crippen LogP) is 5.95. The van der Waals surface area contributed by atoms with Crippen LogP contribution in [0.25, 0.3) is 16.6 Å². The van der Waals surface area contributed by atoms with E-state index in [0.717, 1.165) is 12.8 Å². The molecule has 35 heavy (non-hydrogen) atoms. The molecule has 2 aromatic heterocycles. The summed E-state index contributed by atoms with van der Waals surface area (Å²) in [5, 5.41) is 33.3. The molecule has 184 valence electrons. The normalized spacial score (nSPS) is 23.6. The molecule has 1 aromatic carbocycles. The summed E-state index contributed by atoms with van der Waals surface area (Å²) in [6.07, 6.45) is 3.75. The predicted molar refractivity (Wildman–Crippen MR) is 136 cm³/mol. The molecule has 1 fully saturated rings. The zero-order chi connectivity index (χ0) is 25.4. The molecule has 0 amide bonds. The standard InChI is InChI=1S/C27H33N3O4Si/c1-25(2,3)35(5,6)33-15-13-27-12-11-26(4,34-27)20-21(27)24(32)30(23(20)31)19-10-9-17(16-28)22-18(19)8-7-14-29-22/h7-10,14,31-32H,11-13,15H2,1-6H3. The quantitative estimate of drug-likeness (QED) is 0.428. The van der Waals surface area contributed by atoms with Crippen molar-refractivity contribution in [3.05, 3.63) is 47.2 Å². The number of nitrogens with zero attached hydrogens (tertiary/aromatic N) is 3. The number of rotatable bonds is 5. The van der Waals surface area contributed by atoms with Crippen LogP contribution in [-0.4, -0.2) is 34.7 Å². The summed E-state index contributed by atoms with van der Waals surface area (Å²) in [7, 11) is -1.94. The van der Waals surface area contributed by atoms with Crippen molar-refractivity contribution in [3.63, 3.8) is 0 Å². The number of ether oxygens (including phenoxy) is 1. The van der Waals surface area contributed by atoms with Gasteiger partial charge in [0.15, 0.2) is 8.32 Å². The smallest absolute Gasteiger partial charge is 0.205 e. The number of fused-ring (bicyclic) bond motifs is 6. The van der Waals surface area contributed by atoms with Gasteiger partial charge in [0.2, 0.25) is 11.8 Å². The van der Waals surface area contributed by atoms with Gasteiger partial charge in [-0.1, -0.05) is 20.8 Å². The first-order valence-electron chi connectivity index (χ1n) is 12.2. The minimum Gasteiger partial charge on any atom is -0.494 e. The van der Waals surface area contributed by atoms with Gasteiger partial charge in [-0.15, -0.1) is 0 Å². The molecule has 2 unspecified atom stereocenters. The number of hydrogen-bond acceptors (Lipinski definition) is 6. The fourth-order valence-corrected chi connectivity index (χ4v) is 6.51. The highest BCUT2D eigenvalue weighted by atomic mass is 28.4. The Morgan fingerprint density at radius 3 is 2.57 bits per heavy atom. The highest BCUT2D eigenvalue weighted by molar-refractivity contribution is 6.74. The van der Waals surface area contributed by atoms with Gasteiger partial charge in [0, 0.05) is 24.6 Å². The van der Waals surface area contributed by atoms with Gasteiger partial charge in [-0.25, -0.2) is 0 Å². The molecule has 0 spiro atoms. The number of aromatic nitrogens is 2. The van der Waals surface area contributed by atoms with Crippen molar-refractivity contribution in [1.29, 1.82) is 5.26 Å². The number of nitriles is 1. The van der Waals surface area contributed by atoms with Crippen LogP contribution in [0.4, 0.5) is 0 Å². The van der Waals surface area contributed by atoms with Crippen molar-refractivity contribution >= 4 is 19.2 Å². The molecule has 2 atom stereocenters. The Kier molecular flexibility index (Phi) is 5.16. The Hall–Kier alpha value is -2.86. The molecule has 5 rings (SSSR count). The third kappa shape index (κ3) is 3.33. The average molecular weight is 492 g/mol. The molecule has 7 nitrogen and oxygen atoms in total. The van der Waals surface area contributed by atoms with Gasteiger partial charge in [-0.3, -0.25) is 9.55 Å². The van der Waals surface area contributed by atoms with Crippen LogP contribution in [0.2, 0.25) is 18.1 Å². The Morgan fingerprint density at radius 2 is 1.89 bits per heavy atom. The van der Waals surface area contributed by atoms with Crippen LogP contribution in [0.1, 0.15) is 63.6 Å². The first kappa shape index (κ1) is 23.9. The number of hydrogen-bond donors (Lipinski definition) is 2. The van der Waals surface area contributed by atoms with Crippen LogP contribution in [0, 0.1) is 11.3 Å². The lowest BCUT2D eigenvalue weighted by atomic mass is 9.78. The second-order valence-corrected chi connectivity index (χ2v) is 16.4. The van der Waals surface area contributed by atoms with Crippen molar-refractivity contribution in [1.82, 2.24) is 9.55 Å². The Balaban J connectivity index is 1.60. The molecule has 2 N–H and O–H groups in total. The zero-order valence-corrected chi connectivity index (χ0v) is 22.3. The van der Waals surface area contributed by atoms with Gasteiger partial charge in [-0.05, 0) is 62.2 Å². The lowest BCUT2D eigenvalue weighted by Crippen LogP contribution is -2.41. The molecule has 2 bridgehead atoms. The van der Waals surface area contributed by atoms with E-state index >= 15 is 0 Å². The second-order valence-electron chi connectivity index (χ2n) is 11.6. The van der Waals surface area contributed by atoms with Crippen LogP contribution in [0.5, 0.6) is 11.8 Å². The van der Waals surface area contributed by atoms with Crippen molar-refractivity contribution in [3.8, 4) is 23.5 Å². The van der Waals surface area contributed by atoms with Gasteiger partial charge in [0.05, 0.1) is 33.5 Å². The molecular weight excluding hydrogens is 458 g/mol. The summed E-state index contributed by atoms with van der Waals surface area (Å²) in [5.74, 6) is -0.0511. The lowest BCUT2D eigenvalue weighted by molar-refractivity contribution is -0.0881. The molecular formula is C27H33N3O4Si. The molecule has 0 radical (unpaired) electrons. The van der Waals surface area contributed by atoms with Crippen LogP contribution in [0.3, 0.4) is 0 Å². The van der Waals surface area contributed by atoms with Gasteiger partial charge in [-0.2, -0.15) is 5.26 Å². The van der Waals surface area contributed by atoms with E-state index in [9.17, 15) is 15.5 Å². The monoisotopic (exact) mass is 491 g/mol. The summed E-state index contributed by atoms with van der Waals surface area (Å²) in [6, 6.07) is 9.22. The van der Waals surface area contributed by atoms with Crippen molar-refractivity contribution in [2.45, 2.75) is 76.3 Å². The molecule has 0 aliphatic carbocycles. The fourth-order valence-electron chi connectivity index (χ4n) is 5.47. The van der Waals surface area contributed by atoms with E-state index in [1.165, 1.54) is 4.57 Å². The fraction of sp³-hybridized carbons (Fsp3) is 0.481. The van der Waals surface area contributed by atoms with Crippen molar-refractivity contribution in [2.24, 2.45) is 0 Å². The van der Waals surface area contributed by atoms with E-state index in [0.29, 0.717) is 46.3 Å². The molecule has 8 heteroatoms. The molecule has 2 aliphatic rings. The van der Waals surface area contributed by atoms with E-state index in [-0.39, 0.29) is 16.8 Å². The topological polar surface area (TPSA) is 101 Å².